The predicted octanol–water partition coefficient (Wildman–Crippen LogP) is 3.01. The van der Waals surface area contributed by atoms with Crippen molar-refractivity contribution in [1.29, 1.82) is 0 Å². The zero-order valence-electron chi connectivity index (χ0n) is 12.7. The largest absolute Gasteiger partial charge is 0.489 e. The molecule has 2 aromatic carbocycles. The van der Waals surface area contributed by atoms with E-state index in [2.05, 4.69) is 10.6 Å². The Morgan fingerprint density at radius 2 is 2.13 bits per heavy atom. The Morgan fingerprint density at radius 1 is 1.26 bits per heavy atom. The van der Waals surface area contributed by atoms with Crippen LogP contribution in [0.15, 0.2) is 48.5 Å². The van der Waals surface area contributed by atoms with Gasteiger partial charge in [0.2, 0.25) is 0 Å². The molecular weight excluding hydrogens is 312 g/mol. The second kappa shape index (κ2) is 7.49. The van der Waals surface area contributed by atoms with E-state index in [1.54, 1.807) is 12.1 Å². The Labute approximate surface area is 140 Å². The first kappa shape index (κ1) is 15.8. The highest BCUT2D eigenvalue weighted by Crippen LogP contribution is 2.17. The smallest absolute Gasteiger partial charge is 0.251 e. The molecule has 4 nitrogen and oxygen atoms in total. The molecule has 1 saturated heterocycles. The lowest BCUT2D eigenvalue weighted by Crippen LogP contribution is -2.36. The SMILES string of the molecule is O=C(NC1CCNC1)c1cccc(OCc2cccc(Cl)c2)c1. The zero-order valence-corrected chi connectivity index (χ0v) is 13.5. The Hall–Kier alpha value is -2.04. The van der Waals surface area contributed by atoms with Gasteiger partial charge in [-0.25, -0.2) is 0 Å². The maximum atomic E-state index is 12.3. The Bertz CT molecular complexity index is 684. The van der Waals surface area contributed by atoms with Gasteiger partial charge in [-0.2, -0.15) is 0 Å². The quantitative estimate of drug-likeness (QED) is 0.886. The number of hydrogen-bond acceptors (Lipinski definition) is 3. The van der Waals surface area contributed by atoms with Crippen LogP contribution in [0.1, 0.15) is 22.3 Å². The molecule has 1 heterocycles. The van der Waals surface area contributed by atoms with Crippen LogP contribution >= 0.6 is 11.6 Å². The highest BCUT2D eigenvalue weighted by atomic mass is 35.5. The first-order valence-electron chi connectivity index (χ1n) is 7.69. The van der Waals surface area contributed by atoms with Crippen molar-refractivity contribution >= 4 is 17.5 Å². The summed E-state index contributed by atoms with van der Waals surface area (Å²) < 4.78 is 5.76. The molecule has 3 rings (SSSR count). The van der Waals surface area contributed by atoms with Gasteiger partial charge in [0.15, 0.2) is 0 Å². The molecule has 23 heavy (non-hydrogen) atoms. The van der Waals surface area contributed by atoms with Gasteiger partial charge in [0, 0.05) is 23.2 Å². The third-order valence-electron chi connectivity index (χ3n) is 3.79. The van der Waals surface area contributed by atoms with Gasteiger partial charge >= 0.3 is 0 Å². The van der Waals surface area contributed by atoms with Crippen molar-refractivity contribution in [2.45, 2.75) is 19.1 Å². The second-order valence-corrected chi connectivity index (χ2v) is 6.05. The molecule has 1 unspecified atom stereocenters. The number of carbonyl (C=O) groups is 1. The monoisotopic (exact) mass is 330 g/mol. The minimum Gasteiger partial charge on any atom is -0.489 e. The summed E-state index contributed by atoms with van der Waals surface area (Å²) in [7, 11) is 0. The number of amides is 1. The molecule has 1 fully saturated rings. The summed E-state index contributed by atoms with van der Waals surface area (Å²) in [5.74, 6) is 0.606. The van der Waals surface area contributed by atoms with Gasteiger partial charge in [0.25, 0.3) is 5.91 Å². The number of nitrogens with one attached hydrogen (secondary N) is 2. The Kier molecular flexibility index (Phi) is 5.16. The lowest BCUT2D eigenvalue weighted by molar-refractivity contribution is 0.0939. The molecule has 0 bridgehead atoms. The van der Waals surface area contributed by atoms with E-state index in [0.717, 1.165) is 25.1 Å². The molecule has 1 aliphatic heterocycles. The van der Waals surface area contributed by atoms with Crippen LogP contribution < -0.4 is 15.4 Å². The first-order valence-corrected chi connectivity index (χ1v) is 8.07. The molecule has 0 aromatic heterocycles. The first-order chi connectivity index (χ1) is 11.2. The van der Waals surface area contributed by atoms with Crippen LogP contribution in [0.2, 0.25) is 5.02 Å². The highest BCUT2D eigenvalue weighted by Gasteiger charge is 2.17. The Balaban J connectivity index is 1.61. The van der Waals surface area contributed by atoms with Crippen LogP contribution in [0.3, 0.4) is 0 Å². The number of benzene rings is 2. The van der Waals surface area contributed by atoms with E-state index in [1.807, 2.05) is 36.4 Å². The second-order valence-electron chi connectivity index (χ2n) is 5.61. The van der Waals surface area contributed by atoms with Crippen molar-refractivity contribution in [1.82, 2.24) is 10.6 Å². The fourth-order valence-electron chi connectivity index (χ4n) is 2.57. The number of halogens is 1. The topological polar surface area (TPSA) is 50.4 Å². The fraction of sp³-hybridized carbons (Fsp3) is 0.278. The lowest BCUT2D eigenvalue weighted by atomic mass is 10.1. The maximum absolute atomic E-state index is 12.3. The van der Waals surface area contributed by atoms with Crippen molar-refractivity contribution in [3.05, 3.63) is 64.7 Å². The molecular formula is C18H19ClN2O2. The number of hydrogen-bond donors (Lipinski definition) is 2. The van der Waals surface area contributed by atoms with Crippen molar-refractivity contribution in [3.8, 4) is 5.75 Å². The van der Waals surface area contributed by atoms with Crippen LogP contribution in [-0.2, 0) is 6.61 Å². The molecule has 0 spiro atoms. The van der Waals surface area contributed by atoms with E-state index < -0.39 is 0 Å². The van der Waals surface area contributed by atoms with Crippen LogP contribution in [0.25, 0.3) is 0 Å². The van der Waals surface area contributed by atoms with Gasteiger partial charge in [0.1, 0.15) is 12.4 Å². The van der Waals surface area contributed by atoms with Gasteiger partial charge in [-0.15, -0.1) is 0 Å². The van der Waals surface area contributed by atoms with Crippen LogP contribution in [0.4, 0.5) is 0 Å². The van der Waals surface area contributed by atoms with E-state index in [0.29, 0.717) is 22.9 Å². The summed E-state index contributed by atoms with van der Waals surface area (Å²) in [6.07, 6.45) is 0.969. The summed E-state index contributed by atoms with van der Waals surface area (Å²) >= 11 is 5.96. The van der Waals surface area contributed by atoms with E-state index in [-0.39, 0.29) is 11.9 Å². The summed E-state index contributed by atoms with van der Waals surface area (Å²) in [6, 6.07) is 15.0. The van der Waals surface area contributed by atoms with Gasteiger partial charge in [-0.1, -0.05) is 29.8 Å². The maximum Gasteiger partial charge on any atom is 0.251 e. The van der Waals surface area contributed by atoms with Crippen molar-refractivity contribution in [2.24, 2.45) is 0 Å². The van der Waals surface area contributed by atoms with Gasteiger partial charge < -0.3 is 15.4 Å². The predicted molar refractivity (Wildman–Crippen MR) is 91.0 cm³/mol. The van der Waals surface area contributed by atoms with Crippen LogP contribution in [0, 0.1) is 0 Å². The Morgan fingerprint density at radius 3 is 2.91 bits per heavy atom. The number of carbonyl (C=O) groups excluding carboxylic acids is 1. The standard InChI is InChI=1S/C18H19ClN2O2/c19-15-5-1-3-13(9-15)12-23-17-6-2-4-14(10-17)18(22)21-16-7-8-20-11-16/h1-6,9-10,16,20H,7-8,11-12H2,(H,21,22). The summed E-state index contributed by atoms with van der Waals surface area (Å²) in [6.45, 7) is 2.20. The van der Waals surface area contributed by atoms with E-state index in [1.165, 1.54) is 0 Å². The minimum absolute atomic E-state index is 0.0631. The molecule has 0 aliphatic carbocycles. The highest BCUT2D eigenvalue weighted by molar-refractivity contribution is 6.30. The van der Waals surface area contributed by atoms with Crippen molar-refractivity contribution < 1.29 is 9.53 Å². The summed E-state index contributed by atoms with van der Waals surface area (Å²) in [5, 5.41) is 6.95. The molecule has 2 aromatic rings. The fourth-order valence-corrected chi connectivity index (χ4v) is 2.78. The van der Waals surface area contributed by atoms with Gasteiger partial charge in [-0.05, 0) is 48.9 Å². The molecule has 2 N–H and O–H groups in total. The minimum atomic E-state index is -0.0631. The van der Waals surface area contributed by atoms with Gasteiger partial charge in [-0.3, -0.25) is 4.79 Å². The van der Waals surface area contributed by atoms with E-state index in [9.17, 15) is 4.79 Å². The molecule has 5 heteroatoms. The van der Waals surface area contributed by atoms with E-state index in [4.69, 9.17) is 16.3 Å². The molecule has 1 atom stereocenters. The summed E-state index contributed by atoms with van der Waals surface area (Å²) in [5.41, 5.74) is 1.60. The van der Waals surface area contributed by atoms with E-state index >= 15 is 0 Å². The van der Waals surface area contributed by atoms with Gasteiger partial charge in [0.05, 0.1) is 0 Å². The summed E-state index contributed by atoms with van der Waals surface area (Å²) in [4.78, 5) is 12.3. The van der Waals surface area contributed by atoms with Crippen LogP contribution in [-0.4, -0.2) is 25.0 Å². The normalized spacial score (nSPS) is 17.0. The average Bonchev–Trinajstić information content (AvgIpc) is 3.06. The average molecular weight is 331 g/mol. The van der Waals surface area contributed by atoms with Crippen LogP contribution in [0.5, 0.6) is 5.75 Å². The zero-order chi connectivity index (χ0) is 16.1. The third-order valence-corrected chi connectivity index (χ3v) is 4.02. The molecule has 0 radical (unpaired) electrons. The molecule has 0 saturated carbocycles. The number of ether oxygens (including phenoxy) is 1. The molecule has 1 aliphatic rings. The molecule has 120 valence electrons. The van der Waals surface area contributed by atoms with Crippen molar-refractivity contribution in [2.75, 3.05) is 13.1 Å². The van der Waals surface area contributed by atoms with Crippen molar-refractivity contribution in [3.63, 3.8) is 0 Å². The third kappa shape index (κ3) is 4.47. The molecule has 1 amide bonds. The lowest BCUT2D eigenvalue weighted by Gasteiger charge is -2.12. The number of rotatable bonds is 5.